The Balaban J connectivity index is 1.96. The second kappa shape index (κ2) is 12.0. The molecule has 2 N–H and O–H groups in total. The Morgan fingerprint density at radius 1 is 1.11 bits per heavy atom. The van der Waals surface area contributed by atoms with Crippen molar-refractivity contribution in [2.75, 3.05) is 41.2 Å². The standard InChI is InChI=1S/C22H21Cl2F4N5O3S/c1-29-7-8-32(2)19-9-14(36-22(27)28)4-5-17(19)31-18-11-16(26)20(10-15(18)23)37(34,35)33(24)21-6-3-13(25)12-30-21/h3-6,9-12,22,29,31H,7-8H2,1-2H3. The van der Waals surface area contributed by atoms with Crippen molar-refractivity contribution in [2.45, 2.75) is 11.5 Å². The number of halogens is 6. The zero-order valence-electron chi connectivity index (χ0n) is 19.4. The normalized spacial score (nSPS) is 11.5. The average molecular weight is 582 g/mol. The van der Waals surface area contributed by atoms with Gasteiger partial charge in [-0.25, -0.2) is 13.8 Å². The van der Waals surface area contributed by atoms with Crippen LogP contribution in [-0.2, 0) is 10.0 Å². The van der Waals surface area contributed by atoms with Crippen molar-refractivity contribution in [1.29, 1.82) is 0 Å². The molecule has 3 aromatic rings. The first-order chi connectivity index (χ1) is 17.4. The molecule has 200 valence electrons. The largest absolute Gasteiger partial charge is 0.435 e. The van der Waals surface area contributed by atoms with Gasteiger partial charge < -0.3 is 20.3 Å². The number of alkyl halides is 2. The minimum atomic E-state index is -4.67. The Hall–Kier alpha value is -3.00. The van der Waals surface area contributed by atoms with Crippen LogP contribution in [0.1, 0.15) is 0 Å². The van der Waals surface area contributed by atoms with Crippen molar-refractivity contribution in [2.24, 2.45) is 0 Å². The van der Waals surface area contributed by atoms with Crippen molar-refractivity contribution in [3.05, 3.63) is 65.3 Å². The zero-order chi connectivity index (χ0) is 27.3. The predicted octanol–water partition coefficient (Wildman–Crippen LogP) is 5.36. The Morgan fingerprint density at radius 2 is 1.84 bits per heavy atom. The van der Waals surface area contributed by atoms with Crippen molar-refractivity contribution in [1.82, 2.24) is 10.3 Å². The Kier molecular flexibility index (Phi) is 9.29. The number of hydrogen-bond acceptors (Lipinski definition) is 7. The second-order valence-corrected chi connectivity index (χ2v) is 10.2. The Labute approximate surface area is 220 Å². The summed E-state index contributed by atoms with van der Waals surface area (Å²) < 4.78 is 84.0. The number of rotatable bonds is 11. The number of pyridine rings is 1. The van der Waals surface area contributed by atoms with Gasteiger partial charge >= 0.3 is 6.61 Å². The summed E-state index contributed by atoms with van der Waals surface area (Å²) in [4.78, 5) is 4.46. The van der Waals surface area contributed by atoms with Crippen LogP contribution in [0.2, 0.25) is 5.02 Å². The molecule has 0 radical (unpaired) electrons. The smallest absolute Gasteiger partial charge is 0.387 e. The van der Waals surface area contributed by atoms with Crippen molar-refractivity contribution in [3.63, 3.8) is 0 Å². The molecule has 2 aromatic carbocycles. The number of ether oxygens (including phenoxy) is 1. The number of hydrogen-bond donors (Lipinski definition) is 2. The molecule has 1 aromatic heterocycles. The van der Waals surface area contributed by atoms with Crippen LogP contribution in [0.15, 0.2) is 53.6 Å². The van der Waals surface area contributed by atoms with Gasteiger partial charge in [0.2, 0.25) is 0 Å². The van der Waals surface area contributed by atoms with Crippen LogP contribution < -0.4 is 24.1 Å². The lowest BCUT2D eigenvalue weighted by molar-refractivity contribution is -0.0498. The van der Waals surface area contributed by atoms with E-state index in [-0.39, 0.29) is 26.1 Å². The van der Waals surface area contributed by atoms with Crippen molar-refractivity contribution >= 4 is 56.3 Å². The average Bonchev–Trinajstić information content (AvgIpc) is 2.85. The van der Waals surface area contributed by atoms with Crippen LogP contribution in [0, 0.1) is 11.6 Å². The first-order valence-electron chi connectivity index (χ1n) is 10.5. The molecule has 1 heterocycles. The molecule has 0 fully saturated rings. The van der Waals surface area contributed by atoms with E-state index in [1.54, 1.807) is 19.0 Å². The van der Waals surface area contributed by atoms with Crippen molar-refractivity contribution in [3.8, 4) is 5.75 Å². The third-order valence-electron chi connectivity index (χ3n) is 4.97. The summed E-state index contributed by atoms with van der Waals surface area (Å²) >= 11 is 12.2. The third-order valence-corrected chi connectivity index (χ3v) is 7.48. The molecule has 15 heteroatoms. The SMILES string of the molecule is CNCCN(C)c1cc(OC(F)F)ccc1Nc1cc(F)c(S(=O)(=O)N(Cl)c2ccc(F)cn2)cc1Cl. The van der Waals surface area contributed by atoms with Gasteiger partial charge in [-0.2, -0.15) is 21.0 Å². The number of anilines is 4. The van der Waals surface area contributed by atoms with E-state index in [9.17, 15) is 21.6 Å². The van der Waals surface area contributed by atoms with E-state index in [0.717, 1.165) is 30.5 Å². The monoisotopic (exact) mass is 581 g/mol. The van der Waals surface area contributed by atoms with Gasteiger partial charge in [-0.3, -0.25) is 0 Å². The minimum Gasteiger partial charge on any atom is -0.435 e. The maximum atomic E-state index is 15.0. The lowest BCUT2D eigenvalue weighted by Crippen LogP contribution is -2.27. The molecule has 37 heavy (non-hydrogen) atoms. The minimum absolute atomic E-state index is 0.00931. The van der Waals surface area contributed by atoms with Gasteiger partial charge in [0.05, 0.1) is 28.3 Å². The highest BCUT2D eigenvalue weighted by molar-refractivity contribution is 7.94. The molecule has 0 bridgehead atoms. The molecule has 0 unspecified atom stereocenters. The van der Waals surface area contributed by atoms with Crippen LogP contribution in [0.25, 0.3) is 0 Å². The first kappa shape index (κ1) is 28.6. The fourth-order valence-electron chi connectivity index (χ4n) is 3.16. The summed E-state index contributed by atoms with van der Waals surface area (Å²) in [6, 6.07) is 7.73. The summed E-state index contributed by atoms with van der Waals surface area (Å²) in [5.74, 6) is -2.37. The van der Waals surface area contributed by atoms with E-state index in [4.69, 9.17) is 23.4 Å². The van der Waals surface area contributed by atoms with Crippen LogP contribution in [-0.4, -0.2) is 47.2 Å². The lowest BCUT2D eigenvalue weighted by atomic mass is 10.2. The maximum Gasteiger partial charge on any atom is 0.387 e. The topological polar surface area (TPSA) is 86.8 Å². The van der Waals surface area contributed by atoms with Crippen LogP contribution in [0.4, 0.5) is 40.4 Å². The van der Waals surface area contributed by atoms with E-state index >= 15 is 4.39 Å². The molecule has 0 amide bonds. The molecule has 0 spiro atoms. The van der Waals surface area contributed by atoms with Gasteiger partial charge in [0.25, 0.3) is 10.0 Å². The van der Waals surface area contributed by atoms with E-state index in [2.05, 4.69) is 20.4 Å². The number of benzene rings is 2. The molecular weight excluding hydrogens is 561 g/mol. The molecule has 0 saturated heterocycles. The second-order valence-electron chi connectivity index (χ2n) is 7.52. The van der Waals surface area contributed by atoms with E-state index < -0.39 is 33.2 Å². The van der Waals surface area contributed by atoms with E-state index in [0.29, 0.717) is 24.5 Å². The molecule has 0 saturated carbocycles. The molecule has 0 atom stereocenters. The number of aromatic nitrogens is 1. The number of nitrogens with zero attached hydrogens (tertiary/aromatic N) is 3. The zero-order valence-corrected chi connectivity index (χ0v) is 21.7. The number of sulfonamides is 1. The fraction of sp³-hybridized carbons (Fsp3) is 0.227. The maximum absolute atomic E-state index is 15.0. The lowest BCUT2D eigenvalue weighted by Gasteiger charge is -2.24. The summed E-state index contributed by atoms with van der Waals surface area (Å²) in [5, 5.41) is 5.67. The van der Waals surface area contributed by atoms with Gasteiger partial charge in [0.15, 0.2) is 5.82 Å². The molecule has 0 aliphatic carbocycles. The Bertz CT molecular complexity index is 1350. The molecule has 3 rings (SSSR count). The Morgan fingerprint density at radius 3 is 2.46 bits per heavy atom. The van der Waals surface area contributed by atoms with Crippen LogP contribution in [0.3, 0.4) is 0 Å². The van der Waals surface area contributed by atoms with Gasteiger partial charge in [-0.1, -0.05) is 11.6 Å². The first-order valence-corrected chi connectivity index (χ1v) is 12.6. The quantitative estimate of drug-likeness (QED) is 0.233. The van der Waals surface area contributed by atoms with Gasteiger partial charge in [0.1, 0.15) is 22.3 Å². The fourth-order valence-corrected chi connectivity index (χ4v) is 4.86. The summed E-state index contributed by atoms with van der Waals surface area (Å²) in [6.07, 6.45) is 0.749. The summed E-state index contributed by atoms with van der Waals surface area (Å²) in [7, 11) is -1.22. The van der Waals surface area contributed by atoms with Gasteiger partial charge in [-0.05, 0) is 37.4 Å². The van der Waals surface area contributed by atoms with Gasteiger partial charge in [0, 0.05) is 44.0 Å². The highest BCUT2D eigenvalue weighted by atomic mass is 35.5. The van der Waals surface area contributed by atoms with Crippen molar-refractivity contribution < 1.29 is 30.7 Å². The van der Waals surface area contributed by atoms with Gasteiger partial charge in [-0.15, -0.1) is 0 Å². The number of likely N-dealkylation sites (N-methyl/N-ethyl adjacent to an activating group) is 2. The summed E-state index contributed by atoms with van der Waals surface area (Å²) in [5.41, 5.74) is 0.771. The van der Waals surface area contributed by atoms with E-state index in [1.165, 1.54) is 18.2 Å². The van der Waals surface area contributed by atoms with Crippen LogP contribution >= 0.6 is 23.4 Å². The highest BCUT2D eigenvalue weighted by Gasteiger charge is 2.29. The van der Waals surface area contributed by atoms with Crippen LogP contribution in [0.5, 0.6) is 5.75 Å². The molecule has 0 aliphatic heterocycles. The number of nitrogens with one attached hydrogen (secondary N) is 2. The summed E-state index contributed by atoms with van der Waals surface area (Å²) in [6.45, 7) is -1.99. The molecule has 8 nitrogen and oxygen atoms in total. The molecular formula is C22H21Cl2F4N5O3S. The third kappa shape index (κ3) is 6.86. The predicted molar refractivity (Wildman–Crippen MR) is 135 cm³/mol. The molecule has 0 aliphatic rings. The highest BCUT2D eigenvalue weighted by Crippen LogP contribution is 2.37. The van der Waals surface area contributed by atoms with E-state index in [1.807, 2.05) is 0 Å².